The third-order valence-corrected chi connectivity index (χ3v) is 10.6. The van der Waals surface area contributed by atoms with Crippen LogP contribution in [0.25, 0.3) is 66.2 Å². The van der Waals surface area contributed by atoms with Gasteiger partial charge in [-0.05, 0) is 94.0 Å². The zero-order valence-electron chi connectivity index (χ0n) is 26.5. The van der Waals surface area contributed by atoms with Gasteiger partial charge >= 0.3 is 0 Å². The van der Waals surface area contributed by atoms with Crippen molar-refractivity contribution >= 4 is 44.0 Å². The average molecular weight is 609 g/mol. The van der Waals surface area contributed by atoms with Crippen molar-refractivity contribution < 1.29 is 0 Å². The molecule has 2 atom stereocenters. The molecule has 0 amide bonds. The van der Waals surface area contributed by atoms with E-state index in [1.807, 2.05) is 0 Å². The smallest absolute Gasteiger partial charge is 0.0199 e. The summed E-state index contributed by atoms with van der Waals surface area (Å²) in [5.74, 6) is 0.602. The fourth-order valence-corrected chi connectivity index (χ4v) is 8.59. The Kier molecular flexibility index (Phi) is 6.11. The molecule has 2 unspecified atom stereocenters. The second-order valence-electron chi connectivity index (χ2n) is 13.2. The Labute approximate surface area is 281 Å². The van der Waals surface area contributed by atoms with Crippen LogP contribution in [0.1, 0.15) is 22.6 Å². The van der Waals surface area contributed by atoms with Crippen molar-refractivity contribution in [2.75, 3.05) is 0 Å². The van der Waals surface area contributed by atoms with Gasteiger partial charge in [-0.2, -0.15) is 0 Å². The lowest BCUT2D eigenvalue weighted by atomic mass is 9.66. The molecule has 0 nitrogen and oxygen atoms in total. The summed E-state index contributed by atoms with van der Waals surface area (Å²) in [6.45, 7) is 0. The molecule has 7 aromatic rings. The molecular formula is C48H32. The lowest BCUT2D eigenvalue weighted by Gasteiger charge is -2.37. The molecule has 0 N–H and O–H groups in total. The molecule has 7 aromatic carbocycles. The van der Waals surface area contributed by atoms with Gasteiger partial charge in [0.2, 0.25) is 0 Å². The van der Waals surface area contributed by atoms with Crippen LogP contribution in [0, 0.1) is 5.92 Å². The first-order valence-corrected chi connectivity index (χ1v) is 16.9. The van der Waals surface area contributed by atoms with Gasteiger partial charge in [-0.25, -0.2) is 0 Å². The minimum absolute atomic E-state index is 0.283. The van der Waals surface area contributed by atoms with E-state index in [-0.39, 0.29) is 5.92 Å². The van der Waals surface area contributed by atoms with Crippen LogP contribution in [0.2, 0.25) is 0 Å². The highest BCUT2D eigenvalue weighted by Crippen LogP contribution is 2.52. The maximum Gasteiger partial charge on any atom is 0.0199 e. The first-order chi connectivity index (χ1) is 23.8. The van der Waals surface area contributed by atoms with Crippen LogP contribution < -0.4 is 0 Å². The Balaban J connectivity index is 1.23. The van der Waals surface area contributed by atoms with Crippen molar-refractivity contribution in [3.05, 3.63) is 204 Å². The van der Waals surface area contributed by atoms with E-state index in [0.717, 1.165) is 0 Å². The number of benzene rings is 7. The lowest BCUT2D eigenvalue weighted by Crippen LogP contribution is -2.22. The Bertz CT molecular complexity index is 2560. The summed E-state index contributed by atoms with van der Waals surface area (Å²) in [5.41, 5.74) is 13.2. The van der Waals surface area contributed by atoms with Gasteiger partial charge in [0.1, 0.15) is 0 Å². The minimum Gasteiger partial charge on any atom is -0.0760 e. The van der Waals surface area contributed by atoms with Gasteiger partial charge in [-0.1, -0.05) is 176 Å². The van der Waals surface area contributed by atoms with E-state index < -0.39 is 0 Å². The van der Waals surface area contributed by atoms with E-state index in [1.54, 1.807) is 0 Å². The van der Waals surface area contributed by atoms with Crippen LogP contribution in [0.4, 0.5) is 0 Å². The molecular weight excluding hydrogens is 577 g/mol. The van der Waals surface area contributed by atoms with Crippen molar-refractivity contribution in [2.24, 2.45) is 5.92 Å². The molecule has 3 aliphatic rings. The maximum absolute atomic E-state index is 2.49. The topological polar surface area (TPSA) is 0 Å². The molecule has 48 heavy (non-hydrogen) atoms. The predicted molar refractivity (Wildman–Crippen MR) is 205 cm³/mol. The van der Waals surface area contributed by atoms with Gasteiger partial charge in [0.05, 0.1) is 0 Å². The Morgan fingerprint density at radius 3 is 1.92 bits per heavy atom. The fraction of sp³-hybridized carbons (Fsp3) is 0.0417. The number of hydrogen-bond donors (Lipinski definition) is 0. The van der Waals surface area contributed by atoms with Gasteiger partial charge in [0, 0.05) is 11.8 Å². The summed E-state index contributed by atoms with van der Waals surface area (Å²) in [6.07, 6.45) is 16.4. The van der Waals surface area contributed by atoms with Crippen LogP contribution in [0.15, 0.2) is 187 Å². The van der Waals surface area contributed by atoms with Crippen molar-refractivity contribution in [1.82, 2.24) is 0 Å². The average Bonchev–Trinajstić information content (AvgIpc) is 3.16. The van der Waals surface area contributed by atoms with Gasteiger partial charge in [-0.3, -0.25) is 0 Å². The summed E-state index contributed by atoms with van der Waals surface area (Å²) in [5, 5.41) is 7.70. The highest BCUT2D eigenvalue weighted by Gasteiger charge is 2.35. The second kappa shape index (κ2) is 10.8. The summed E-state index contributed by atoms with van der Waals surface area (Å²) >= 11 is 0. The van der Waals surface area contributed by atoms with E-state index in [4.69, 9.17) is 0 Å². The van der Waals surface area contributed by atoms with Crippen molar-refractivity contribution in [2.45, 2.75) is 5.92 Å². The quantitative estimate of drug-likeness (QED) is 0.175. The predicted octanol–water partition coefficient (Wildman–Crippen LogP) is 12.7. The summed E-state index contributed by atoms with van der Waals surface area (Å²) in [6, 6.07) is 51.4. The number of rotatable bonds is 3. The van der Waals surface area contributed by atoms with E-state index in [1.165, 1.54) is 88.0 Å². The third-order valence-electron chi connectivity index (χ3n) is 10.6. The van der Waals surface area contributed by atoms with Crippen LogP contribution >= 0.6 is 0 Å². The van der Waals surface area contributed by atoms with Crippen LogP contribution in [-0.4, -0.2) is 0 Å². The SMILES string of the molecule is C1=CC2=C(c3c4ccccc4c(-c4cccc(-c5cccc6ccccc56)c4)c4ccccc34)C=C3C=Cc4ccccc4C3C2C=C1. The largest absolute Gasteiger partial charge is 0.0760 e. The van der Waals surface area contributed by atoms with E-state index in [2.05, 4.69) is 182 Å². The lowest BCUT2D eigenvalue weighted by molar-refractivity contribution is 0.648. The molecule has 0 spiro atoms. The van der Waals surface area contributed by atoms with Crippen molar-refractivity contribution in [3.8, 4) is 22.3 Å². The van der Waals surface area contributed by atoms with E-state index >= 15 is 0 Å². The number of fused-ring (bicyclic) bond motifs is 8. The highest BCUT2D eigenvalue weighted by molar-refractivity contribution is 6.20. The number of allylic oxidation sites excluding steroid dienone is 9. The monoisotopic (exact) mass is 608 g/mol. The van der Waals surface area contributed by atoms with E-state index in [0.29, 0.717) is 5.92 Å². The molecule has 0 bridgehead atoms. The molecule has 0 heterocycles. The van der Waals surface area contributed by atoms with Gasteiger partial charge < -0.3 is 0 Å². The Morgan fingerprint density at radius 1 is 0.458 bits per heavy atom. The summed E-state index contributed by atoms with van der Waals surface area (Å²) < 4.78 is 0. The summed E-state index contributed by atoms with van der Waals surface area (Å²) in [4.78, 5) is 0. The molecule has 3 aliphatic carbocycles. The first kappa shape index (κ1) is 27.2. The molecule has 0 heteroatoms. The molecule has 224 valence electrons. The molecule has 0 aliphatic heterocycles. The standard InChI is InChI=1S/C48H32/c1-3-18-36-31(13-1)15-12-26-37(36)33-16-11-17-34(29-33)47-41-22-7-9-24-43(41)48(44-25-10-8-23-42(44)47)45-30-35-28-27-32-14-2-4-19-38(32)46(35)40-21-6-5-20-39(40)45/h1-30,40,46H. The Morgan fingerprint density at radius 2 is 1.10 bits per heavy atom. The second-order valence-corrected chi connectivity index (χ2v) is 13.2. The van der Waals surface area contributed by atoms with Crippen LogP contribution in [0.5, 0.6) is 0 Å². The van der Waals surface area contributed by atoms with Crippen molar-refractivity contribution in [1.29, 1.82) is 0 Å². The fourth-order valence-electron chi connectivity index (χ4n) is 8.59. The Hall–Kier alpha value is -5.98. The van der Waals surface area contributed by atoms with Crippen LogP contribution in [-0.2, 0) is 0 Å². The van der Waals surface area contributed by atoms with Crippen molar-refractivity contribution in [3.63, 3.8) is 0 Å². The third kappa shape index (κ3) is 4.09. The van der Waals surface area contributed by atoms with E-state index in [9.17, 15) is 0 Å². The molecule has 0 fully saturated rings. The molecule has 10 rings (SSSR count). The van der Waals surface area contributed by atoms with Gasteiger partial charge in [-0.15, -0.1) is 0 Å². The minimum atomic E-state index is 0.283. The van der Waals surface area contributed by atoms with Gasteiger partial charge in [0.25, 0.3) is 0 Å². The summed E-state index contributed by atoms with van der Waals surface area (Å²) in [7, 11) is 0. The molecule has 0 saturated carbocycles. The normalized spacial score (nSPS) is 17.8. The number of hydrogen-bond acceptors (Lipinski definition) is 0. The van der Waals surface area contributed by atoms with Crippen LogP contribution in [0.3, 0.4) is 0 Å². The molecule has 0 aromatic heterocycles. The first-order valence-electron chi connectivity index (χ1n) is 16.9. The molecule has 0 radical (unpaired) electrons. The van der Waals surface area contributed by atoms with Gasteiger partial charge in [0.15, 0.2) is 0 Å². The molecule has 0 saturated heterocycles. The zero-order valence-corrected chi connectivity index (χ0v) is 26.5. The highest BCUT2D eigenvalue weighted by atomic mass is 14.4. The zero-order chi connectivity index (χ0) is 31.6. The maximum atomic E-state index is 2.49.